The molecule has 0 heterocycles. The summed E-state index contributed by atoms with van der Waals surface area (Å²) in [6.45, 7) is 0. The average Bonchev–Trinajstić information content (AvgIpc) is 3.24. The molecule has 0 aromatic heterocycles. The number of urea groups is 1. The molecule has 0 unspecified atom stereocenters. The number of amides is 2. The Bertz CT molecular complexity index is 750. The van der Waals surface area contributed by atoms with Crippen LogP contribution in [0.4, 0.5) is 10.5 Å². The van der Waals surface area contributed by atoms with Crippen LogP contribution >= 0.6 is 15.9 Å². The molecule has 2 N–H and O–H groups in total. The molecule has 118 valence electrons. The Hall–Kier alpha value is -1.36. The second-order valence-electron chi connectivity index (χ2n) is 7.93. The number of carbonyl (C=O) groups excluding carboxylic acids is 1. The maximum atomic E-state index is 12.1. The topological polar surface area (TPSA) is 53.5 Å². The average molecular weight is 372 g/mol. The van der Waals surface area contributed by atoms with E-state index in [-0.39, 0.29) is 6.03 Å². The van der Waals surface area contributed by atoms with Crippen molar-refractivity contribution >= 4 is 33.4 Å². The number of para-hydroxylation sites is 1. The minimum Gasteiger partial charge on any atom is -0.307 e. The first kappa shape index (κ1) is 13.0. The van der Waals surface area contributed by atoms with Crippen LogP contribution < -0.4 is 10.7 Å². The van der Waals surface area contributed by atoms with Crippen molar-refractivity contribution in [2.24, 2.45) is 46.5 Å². The third-order valence-electron chi connectivity index (χ3n) is 7.38. The number of hydrogen-bond donors (Lipinski definition) is 2. The molecule has 6 aliphatic rings. The number of anilines is 1. The van der Waals surface area contributed by atoms with Crippen molar-refractivity contribution in [1.29, 1.82) is 0 Å². The van der Waals surface area contributed by atoms with Crippen molar-refractivity contribution in [2.45, 2.75) is 17.2 Å². The number of rotatable bonds is 2. The van der Waals surface area contributed by atoms with Gasteiger partial charge in [0, 0.05) is 27.6 Å². The molecule has 0 spiro atoms. The lowest BCUT2D eigenvalue weighted by Gasteiger charge is -2.37. The molecule has 4 nitrogen and oxygen atoms in total. The van der Waals surface area contributed by atoms with E-state index in [1.807, 2.05) is 30.3 Å². The molecule has 1 aromatic carbocycles. The molecule has 6 fully saturated rings. The maximum absolute atomic E-state index is 12.1. The van der Waals surface area contributed by atoms with Crippen LogP contribution in [-0.2, 0) is 0 Å². The van der Waals surface area contributed by atoms with E-state index in [1.54, 1.807) is 0 Å². The molecular formula is C18H18BrN3O. The molecule has 0 saturated heterocycles. The number of nitrogens with one attached hydrogen (secondary N) is 2. The van der Waals surface area contributed by atoms with E-state index >= 15 is 0 Å². The van der Waals surface area contributed by atoms with Gasteiger partial charge in [0.2, 0.25) is 0 Å². The Morgan fingerprint density at radius 2 is 2.04 bits per heavy atom. The summed E-state index contributed by atoms with van der Waals surface area (Å²) in [6.07, 6.45) is 2.74. The van der Waals surface area contributed by atoms with Gasteiger partial charge in [-0.05, 0) is 54.6 Å². The van der Waals surface area contributed by atoms with E-state index in [2.05, 4.69) is 31.8 Å². The predicted octanol–water partition coefficient (Wildman–Crippen LogP) is 3.46. The van der Waals surface area contributed by atoms with Crippen LogP contribution in [0.25, 0.3) is 0 Å². The number of carbonyl (C=O) groups is 1. The minimum atomic E-state index is -0.245. The van der Waals surface area contributed by atoms with Gasteiger partial charge in [0.25, 0.3) is 0 Å². The first-order chi connectivity index (χ1) is 11.2. The summed E-state index contributed by atoms with van der Waals surface area (Å²) >= 11 is 4.11. The smallest absolute Gasteiger partial charge is 0.307 e. The third-order valence-corrected chi connectivity index (χ3v) is 8.72. The first-order valence-corrected chi connectivity index (χ1v) is 9.36. The zero-order chi connectivity index (χ0) is 15.3. The van der Waals surface area contributed by atoms with Gasteiger partial charge in [0.1, 0.15) is 0 Å². The molecule has 6 aliphatic carbocycles. The zero-order valence-electron chi connectivity index (χ0n) is 12.6. The van der Waals surface area contributed by atoms with E-state index in [1.165, 1.54) is 18.6 Å². The Labute approximate surface area is 143 Å². The molecule has 8 atom stereocenters. The highest BCUT2D eigenvalue weighted by Crippen LogP contribution is 2.85. The van der Waals surface area contributed by atoms with Crippen LogP contribution in [-0.4, -0.2) is 16.1 Å². The second-order valence-corrected chi connectivity index (χ2v) is 9.41. The quantitative estimate of drug-likeness (QED) is 0.606. The van der Waals surface area contributed by atoms with E-state index in [0.29, 0.717) is 16.2 Å². The fourth-order valence-electron chi connectivity index (χ4n) is 7.16. The Morgan fingerprint density at radius 1 is 1.22 bits per heavy atom. The summed E-state index contributed by atoms with van der Waals surface area (Å²) in [5.74, 6) is 5.53. The number of hydrazone groups is 1. The van der Waals surface area contributed by atoms with E-state index in [4.69, 9.17) is 0 Å². The van der Waals surface area contributed by atoms with Gasteiger partial charge in [-0.25, -0.2) is 10.2 Å². The van der Waals surface area contributed by atoms with E-state index < -0.39 is 0 Å². The van der Waals surface area contributed by atoms with Crippen LogP contribution in [0.3, 0.4) is 0 Å². The molecule has 5 heteroatoms. The third kappa shape index (κ3) is 1.36. The van der Waals surface area contributed by atoms with Crippen molar-refractivity contribution in [1.82, 2.24) is 5.43 Å². The Balaban J connectivity index is 1.25. The van der Waals surface area contributed by atoms with Crippen LogP contribution in [0.2, 0.25) is 0 Å². The highest BCUT2D eigenvalue weighted by Gasteiger charge is 2.84. The van der Waals surface area contributed by atoms with Crippen molar-refractivity contribution in [3.05, 3.63) is 30.3 Å². The van der Waals surface area contributed by atoms with Crippen LogP contribution in [0.1, 0.15) is 12.8 Å². The SMILES string of the molecule is O=C(N/N=C1/[C@H]2[C@H]3C[C@H]4[C@H]5C[C@](Br)([C@@H]42)[C@H]1[C@H]53)Nc1ccccc1. The number of alkyl halides is 1. The monoisotopic (exact) mass is 371 g/mol. The fraction of sp³-hybridized carbons (Fsp3) is 0.556. The Kier molecular flexibility index (Phi) is 2.26. The highest BCUT2D eigenvalue weighted by molar-refractivity contribution is 9.10. The lowest BCUT2D eigenvalue weighted by atomic mass is 9.71. The van der Waals surface area contributed by atoms with Gasteiger partial charge in [0.15, 0.2) is 0 Å². The Morgan fingerprint density at radius 3 is 2.83 bits per heavy atom. The van der Waals surface area contributed by atoms with Gasteiger partial charge in [-0.3, -0.25) is 0 Å². The van der Waals surface area contributed by atoms with Gasteiger partial charge in [-0.15, -0.1) is 0 Å². The number of nitrogens with zero attached hydrogens (tertiary/aromatic N) is 1. The van der Waals surface area contributed by atoms with Crippen molar-refractivity contribution in [2.75, 3.05) is 5.32 Å². The molecule has 6 saturated carbocycles. The maximum Gasteiger partial charge on any atom is 0.339 e. The van der Waals surface area contributed by atoms with E-state index in [0.717, 1.165) is 35.3 Å². The lowest BCUT2D eigenvalue weighted by Crippen LogP contribution is -2.39. The summed E-state index contributed by atoms with van der Waals surface area (Å²) < 4.78 is 0.307. The van der Waals surface area contributed by atoms with Gasteiger partial charge in [0.05, 0.1) is 0 Å². The standard InChI is InChI=1S/C18H18BrN3O/c19-18-7-11-9-6-10-12(11)15(18)16(13(10)14(9)18)21-22-17(23)20-8-4-2-1-3-5-8/h1-5,9-15H,6-7H2,(H2,20,22,23)/b21-16-/t9-,10-,11+,12-,13-,14-,15-,18-/m0/s1. The zero-order valence-corrected chi connectivity index (χ0v) is 14.2. The fourth-order valence-corrected chi connectivity index (χ4v) is 8.70. The summed E-state index contributed by atoms with van der Waals surface area (Å²) in [7, 11) is 0. The highest BCUT2D eigenvalue weighted by atomic mass is 79.9. The van der Waals surface area contributed by atoms with Crippen LogP contribution in [0.15, 0.2) is 35.4 Å². The molecule has 7 rings (SSSR count). The number of halogens is 1. The van der Waals surface area contributed by atoms with Crippen LogP contribution in [0.5, 0.6) is 0 Å². The summed E-state index contributed by atoms with van der Waals surface area (Å²) in [4.78, 5) is 12.1. The van der Waals surface area contributed by atoms with Crippen molar-refractivity contribution in [3.8, 4) is 0 Å². The molecular weight excluding hydrogens is 354 g/mol. The van der Waals surface area contributed by atoms with Crippen molar-refractivity contribution in [3.63, 3.8) is 0 Å². The minimum absolute atomic E-state index is 0.245. The predicted molar refractivity (Wildman–Crippen MR) is 91.4 cm³/mol. The van der Waals surface area contributed by atoms with Crippen LogP contribution in [0, 0.1) is 41.4 Å². The molecule has 0 aliphatic heterocycles. The van der Waals surface area contributed by atoms with Crippen molar-refractivity contribution < 1.29 is 4.79 Å². The van der Waals surface area contributed by atoms with Gasteiger partial charge >= 0.3 is 6.03 Å². The number of benzene rings is 1. The lowest BCUT2D eigenvalue weighted by molar-refractivity contribution is 0.149. The molecule has 2 amide bonds. The second kappa shape index (κ2) is 4.00. The van der Waals surface area contributed by atoms with E-state index in [9.17, 15) is 4.79 Å². The number of hydrogen-bond acceptors (Lipinski definition) is 2. The molecule has 1 aromatic rings. The first-order valence-electron chi connectivity index (χ1n) is 8.57. The molecule has 6 bridgehead atoms. The van der Waals surface area contributed by atoms with Gasteiger partial charge in [-0.1, -0.05) is 34.1 Å². The van der Waals surface area contributed by atoms with Gasteiger partial charge < -0.3 is 5.32 Å². The van der Waals surface area contributed by atoms with Gasteiger partial charge in [-0.2, -0.15) is 5.10 Å². The largest absolute Gasteiger partial charge is 0.339 e. The summed E-state index contributed by atoms with van der Waals surface area (Å²) in [5.41, 5.74) is 4.83. The summed E-state index contributed by atoms with van der Waals surface area (Å²) in [6, 6.07) is 9.26. The molecule has 0 radical (unpaired) electrons. The normalized spacial score (nSPS) is 51.3. The molecule has 23 heavy (non-hydrogen) atoms. The summed E-state index contributed by atoms with van der Waals surface area (Å²) in [5, 5.41) is 7.45.